The van der Waals surface area contributed by atoms with Crippen LogP contribution in [-0.2, 0) is 13.0 Å². The summed E-state index contributed by atoms with van der Waals surface area (Å²) < 4.78 is 7.28. The fourth-order valence-corrected chi connectivity index (χ4v) is 3.39. The summed E-state index contributed by atoms with van der Waals surface area (Å²) in [5.74, 6) is 2.26. The van der Waals surface area contributed by atoms with E-state index in [0.29, 0.717) is 29.7 Å². The SMILES string of the molecule is O=c1[nH]c(CCSc2nncn2Cc2ccco2)nc2ccccc12. The summed E-state index contributed by atoms with van der Waals surface area (Å²) in [5, 5.41) is 9.51. The summed E-state index contributed by atoms with van der Waals surface area (Å²) in [5.41, 5.74) is 0.610. The molecule has 0 spiro atoms. The molecule has 7 nitrogen and oxygen atoms in total. The number of fused-ring (bicyclic) bond motifs is 1. The van der Waals surface area contributed by atoms with Crippen LogP contribution in [0, 0.1) is 0 Å². The van der Waals surface area contributed by atoms with Gasteiger partial charge in [0.15, 0.2) is 5.16 Å². The van der Waals surface area contributed by atoms with Crippen molar-refractivity contribution < 1.29 is 4.42 Å². The Kier molecular flexibility index (Phi) is 4.34. The number of benzene rings is 1. The van der Waals surface area contributed by atoms with E-state index in [2.05, 4.69) is 20.2 Å². The van der Waals surface area contributed by atoms with Gasteiger partial charge in [0, 0.05) is 12.2 Å². The Morgan fingerprint density at radius 3 is 3.00 bits per heavy atom. The van der Waals surface area contributed by atoms with Gasteiger partial charge >= 0.3 is 0 Å². The maximum atomic E-state index is 12.1. The zero-order chi connectivity index (χ0) is 17.1. The van der Waals surface area contributed by atoms with Crippen LogP contribution in [0.15, 0.2) is 63.4 Å². The van der Waals surface area contributed by atoms with Crippen LogP contribution in [0.3, 0.4) is 0 Å². The second-order valence-corrected chi connectivity index (χ2v) is 6.51. The predicted octanol–water partition coefficient (Wildman–Crippen LogP) is 2.49. The molecule has 0 unspecified atom stereocenters. The van der Waals surface area contributed by atoms with Crippen LogP contribution in [0.5, 0.6) is 0 Å². The average molecular weight is 353 g/mol. The minimum absolute atomic E-state index is 0.105. The fourth-order valence-electron chi connectivity index (χ4n) is 2.53. The van der Waals surface area contributed by atoms with Crippen LogP contribution in [0.25, 0.3) is 10.9 Å². The lowest BCUT2D eigenvalue weighted by Gasteiger charge is -2.05. The number of hydrogen-bond acceptors (Lipinski definition) is 6. The summed E-state index contributed by atoms with van der Waals surface area (Å²) >= 11 is 1.57. The first kappa shape index (κ1) is 15.6. The number of para-hydroxylation sites is 1. The Bertz CT molecular complexity index is 1040. The van der Waals surface area contributed by atoms with E-state index >= 15 is 0 Å². The largest absolute Gasteiger partial charge is 0.467 e. The molecule has 1 N–H and O–H groups in total. The quantitative estimate of drug-likeness (QED) is 0.536. The summed E-state index contributed by atoms with van der Waals surface area (Å²) in [6, 6.07) is 11.1. The maximum absolute atomic E-state index is 12.1. The molecule has 0 radical (unpaired) electrons. The molecule has 0 aliphatic heterocycles. The first-order valence-corrected chi connectivity index (χ1v) is 8.79. The van der Waals surface area contributed by atoms with Gasteiger partial charge in [-0.05, 0) is 24.3 Å². The van der Waals surface area contributed by atoms with Crippen LogP contribution in [0.2, 0.25) is 0 Å². The molecule has 126 valence electrons. The molecule has 1 aromatic carbocycles. The molecule has 0 saturated carbocycles. The normalized spacial score (nSPS) is 11.2. The number of aromatic amines is 1. The van der Waals surface area contributed by atoms with Gasteiger partial charge < -0.3 is 14.0 Å². The lowest BCUT2D eigenvalue weighted by Crippen LogP contribution is -2.12. The second-order valence-electron chi connectivity index (χ2n) is 5.45. The van der Waals surface area contributed by atoms with Gasteiger partial charge in [-0.15, -0.1) is 10.2 Å². The third kappa shape index (κ3) is 3.48. The van der Waals surface area contributed by atoms with E-state index in [1.54, 1.807) is 30.4 Å². The van der Waals surface area contributed by atoms with Crippen molar-refractivity contribution in [2.24, 2.45) is 0 Å². The zero-order valence-corrected chi connectivity index (χ0v) is 14.1. The van der Waals surface area contributed by atoms with Crippen LogP contribution >= 0.6 is 11.8 Å². The smallest absolute Gasteiger partial charge is 0.258 e. The lowest BCUT2D eigenvalue weighted by molar-refractivity contribution is 0.484. The number of rotatable bonds is 6. The average Bonchev–Trinajstić information content (AvgIpc) is 3.28. The van der Waals surface area contributed by atoms with Crippen molar-refractivity contribution >= 4 is 22.7 Å². The zero-order valence-electron chi connectivity index (χ0n) is 13.3. The highest BCUT2D eigenvalue weighted by molar-refractivity contribution is 7.99. The van der Waals surface area contributed by atoms with Gasteiger partial charge in [0.1, 0.15) is 17.9 Å². The van der Waals surface area contributed by atoms with Crippen molar-refractivity contribution in [2.45, 2.75) is 18.1 Å². The van der Waals surface area contributed by atoms with Gasteiger partial charge in [0.2, 0.25) is 0 Å². The first-order valence-electron chi connectivity index (χ1n) is 7.80. The molecule has 0 amide bonds. The van der Waals surface area contributed by atoms with Crippen molar-refractivity contribution in [1.29, 1.82) is 0 Å². The molecule has 4 aromatic rings. The van der Waals surface area contributed by atoms with E-state index in [4.69, 9.17) is 4.42 Å². The second kappa shape index (κ2) is 6.94. The summed E-state index contributed by atoms with van der Waals surface area (Å²) in [6.07, 6.45) is 3.97. The van der Waals surface area contributed by atoms with Gasteiger partial charge in [-0.1, -0.05) is 23.9 Å². The standard InChI is InChI=1S/C17H15N5O2S/c23-16-13-5-1-2-6-14(13)19-15(20-16)7-9-25-17-21-18-11-22(17)10-12-4-3-8-24-12/h1-6,8,11H,7,9-10H2,(H,19,20,23). The van der Waals surface area contributed by atoms with E-state index in [9.17, 15) is 4.79 Å². The Balaban J connectivity index is 1.43. The molecule has 0 bridgehead atoms. The van der Waals surface area contributed by atoms with Crippen molar-refractivity contribution in [3.05, 3.63) is 70.9 Å². The van der Waals surface area contributed by atoms with Gasteiger partial charge in [0.25, 0.3) is 5.56 Å². The van der Waals surface area contributed by atoms with Crippen LogP contribution < -0.4 is 5.56 Å². The molecule has 4 rings (SSSR count). The van der Waals surface area contributed by atoms with Crippen LogP contribution in [0.4, 0.5) is 0 Å². The Morgan fingerprint density at radius 1 is 1.20 bits per heavy atom. The van der Waals surface area contributed by atoms with Gasteiger partial charge in [-0.3, -0.25) is 4.79 Å². The van der Waals surface area contributed by atoms with E-state index in [0.717, 1.165) is 16.7 Å². The number of aryl methyl sites for hydroxylation is 1. The number of furan rings is 1. The molecular weight excluding hydrogens is 338 g/mol. The van der Waals surface area contributed by atoms with Crippen molar-refractivity contribution in [2.75, 3.05) is 5.75 Å². The van der Waals surface area contributed by atoms with Crippen LogP contribution in [-0.4, -0.2) is 30.5 Å². The number of H-pyrrole nitrogens is 1. The molecule has 0 aliphatic carbocycles. The highest BCUT2D eigenvalue weighted by atomic mass is 32.2. The summed E-state index contributed by atoms with van der Waals surface area (Å²) in [6.45, 7) is 0.591. The molecule has 0 saturated heterocycles. The predicted molar refractivity (Wildman–Crippen MR) is 94.6 cm³/mol. The Morgan fingerprint density at radius 2 is 2.12 bits per heavy atom. The molecule has 3 aromatic heterocycles. The summed E-state index contributed by atoms with van der Waals surface area (Å²) in [4.78, 5) is 19.4. The highest BCUT2D eigenvalue weighted by Gasteiger charge is 2.08. The van der Waals surface area contributed by atoms with E-state index in [1.807, 2.05) is 34.9 Å². The van der Waals surface area contributed by atoms with E-state index < -0.39 is 0 Å². The molecule has 0 fully saturated rings. The molecule has 3 heterocycles. The fraction of sp³-hybridized carbons (Fsp3) is 0.176. The van der Waals surface area contributed by atoms with Gasteiger partial charge in [0.05, 0.1) is 23.7 Å². The van der Waals surface area contributed by atoms with E-state index in [1.165, 1.54) is 0 Å². The number of nitrogens with zero attached hydrogens (tertiary/aromatic N) is 4. The number of thioether (sulfide) groups is 1. The Hall–Kier alpha value is -2.87. The monoisotopic (exact) mass is 353 g/mol. The topological polar surface area (TPSA) is 89.6 Å². The van der Waals surface area contributed by atoms with Crippen molar-refractivity contribution in [1.82, 2.24) is 24.7 Å². The molecule has 0 aliphatic rings. The Labute approximate surface area is 147 Å². The molecule has 25 heavy (non-hydrogen) atoms. The van der Waals surface area contributed by atoms with Crippen LogP contribution in [0.1, 0.15) is 11.6 Å². The molecular formula is C17H15N5O2S. The third-order valence-corrected chi connectivity index (χ3v) is 4.70. The minimum Gasteiger partial charge on any atom is -0.467 e. The van der Waals surface area contributed by atoms with Crippen molar-refractivity contribution in [3.63, 3.8) is 0 Å². The number of nitrogens with one attached hydrogen (secondary N) is 1. The van der Waals surface area contributed by atoms with Gasteiger partial charge in [-0.25, -0.2) is 4.98 Å². The number of aromatic nitrogens is 5. The van der Waals surface area contributed by atoms with E-state index in [-0.39, 0.29) is 5.56 Å². The third-order valence-electron chi connectivity index (χ3n) is 3.72. The lowest BCUT2D eigenvalue weighted by atomic mass is 10.2. The highest BCUT2D eigenvalue weighted by Crippen LogP contribution is 2.17. The molecule has 8 heteroatoms. The van der Waals surface area contributed by atoms with Gasteiger partial charge in [-0.2, -0.15) is 0 Å². The molecule has 0 atom stereocenters. The summed E-state index contributed by atoms with van der Waals surface area (Å²) in [7, 11) is 0. The number of hydrogen-bond donors (Lipinski definition) is 1. The maximum Gasteiger partial charge on any atom is 0.258 e. The first-order chi connectivity index (χ1) is 12.3. The minimum atomic E-state index is -0.105. The van der Waals surface area contributed by atoms with Crippen molar-refractivity contribution in [3.8, 4) is 0 Å².